The Bertz CT molecular complexity index is 1990. The number of allylic oxidation sites excluding steroid dienone is 1. The molecule has 0 N–H and O–H groups in total. The van der Waals surface area contributed by atoms with Crippen molar-refractivity contribution in [2.24, 2.45) is 4.99 Å². The van der Waals surface area contributed by atoms with Crippen LogP contribution in [0.5, 0.6) is 11.5 Å². The molecular formula is C33H28Br2Cl2N2O5S. The third-order valence-electron chi connectivity index (χ3n) is 7.03. The van der Waals surface area contributed by atoms with E-state index in [0.29, 0.717) is 58.6 Å². The first-order chi connectivity index (χ1) is 21.6. The Morgan fingerprint density at radius 2 is 1.84 bits per heavy atom. The number of carbonyl (C=O) groups excluding carboxylic acids is 1. The summed E-state index contributed by atoms with van der Waals surface area (Å²) < 4.78 is 20.7. The second kappa shape index (κ2) is 14.7. The van der Waals surface area contributed by atoms with E-state index in [1.165, 1.54) is 11.3 Å². The summed E-state index contributed by atoms with van der Waals surface area (Å²) >= 11 is 20.7. The van der Waals surface area contributed by atoms with Gasteiger partial charge in [-0.05, 0) is 83.4 Å². The van der Waals surface area contributed by atoms with Crippen molar-refractivity contribution in [2.75, 3.05) is 13.7 Å². The van der Waals surface area contributed by atoms with Crippen LogP contribution in [0.3, 0.4) is 0 Å². The van der Waals surface area contributed by atoms with E-state index in [-0.39, 0.29) is 18.8 Å². The minimum Gasteiger partial charge on any atom is -0.496 e. The number of rotatable bonds is 10. The minimum atomic E-state index is -0.793. The van der Waals surface area contributed by atoms with Gasteiger partial charge in [-0.15, -0.1) is 0 Å². The zero-order valence-corrected chi connectivity index (χ0v) is 30.0. The molecule has 0 amide bonds. The van der Waals surface area contributed by atoms with Gasteiger partial charge in [0.2, 0.25) is 0 Å². The van der Waals surface area contributed by atoms with E-state index in [9.17, 15) is 9.59 Å². The van der Waals surface area contributed by atoms with Gasteiger partial charge < -0.3 is 14.2 Å². The molecule has 1 atom stereocenters. The van der Waals surface area contributed by atoms with Crippen LogP contribution in [0.2, 0.25) is 10.0 Å². The largest absolute Gasteiger partial charge is 0.496 e. The number of halogens is 4. The van der Waals surface area contributed by atoms with Crippen LogP contribution in [0.1, 0.15) is 49.4 Å². The predicted molar refractivity (Wildman–Crippen MR) is 185 cm³/mol. The molecule has 0 fully saturated rings. The molecule has 4 aromatic rings. The number of methoxy groups -OCH3 is 1. The summed E-state index contributed by atoms with van der Waals surface area (Å²) in [6.45, 7) is 4.22. The standard InChI is InChI=1S/C33H28Br2Cl2N2O5S/c1-4-6-25-29(32(41)43-5-2)30(22-15-20(34)9-12-26(22)42-3)39-31(40)28(45-33(39)38-25)14-18-7-11-27(23(35)13-18)44-17-19-8-10-21(36)16-24(19)37/h7-16,30H,4-6,17H2,1-3H3/b28-14+/t30-/m0/s1. The Hall–Kier alpha value is -2.89. The van der Waals surface area contributed by atoms with Crippen LogP contribution in [-0.2, 0) is 16.1 Å². The zero-order chi connectivity index (χ0) is 32.2. The summed E-state index contributed by atoms with van der Waals surface area (Å²) in [6.07, 6.45) is 3.10. The van der Waals surface area contributed by atoms with Gasteiger partial charge in [0, 0.05) is 25.6 Å². The maximum Gasteiger partial charge on any atom is 0.338 e. The van der Waals surface area contributed by atoms with Crippen LogP contribution in [0.25, 0.3) is 6.08 Å². The van der Waals surface area contributed by atoms with Crippen molar-refractivity contribution >= 4 is 78.4 Å². The number of aromatic nitrogens is 1. The topological polar surface area (TPSA) is 79.1 Å². The summed E-state index contributed by atoms with van der Waals surface area (Å²) in [6, 6.07) is 15.5. The normalized spacial score (nSPS) is 14.6. The van der Waals surface area contributed by atoms with E-state index in [1.54, 1.807) is 42.9 Å². The van der Waals surface area contributed by atoms with E-state index in [1.807, 2.05) is 43.3 Å². The van der Waals surface area contributed by atoms with Crippen molar-refractivity contribution in [3.05, 3.63) is 121 Å². The fourth-order valence-corrected chi connectivity index (χ4v) is 7.38. The highest BCUT2D eigenvalue weighted by atomic mass is 79.9. The van der Waals surface area contributed by atoms with Gasteiger partial charge in [0.1, 0.15) is 24.1 Å². The van der Waals surface area contributed by atoms with Crippen molar-refractivity contribution < 1.29 is 19.0 Å². The summed E-state index contributed by atoms with van der Waals surface area (Å²) in [7, 11) is 1.56. The number of ether oxygens (including phenoxy) is 3. The van der Waals surface area contributed by atoms with Crippen LogP contribution in [-0.4, -0.2) is 24.3 Å². The van der Waals surface area contributed by atoms with Gasteiger partial charge in [-0.25, -0.2) is 9.79 Å². The lowest BCUT2D eigenvalue weighted by Gasteiger charge is -2.27. The van der Waals surface area contributed by atoms with Gasteiger partial charge in [0.15, 0.2) is 4.80 Å². The number of carbonyl (C=O) groups is 1. The molecule has 0 radical (unpaired) electrons. The first-order valence-corrected chi connectivity index (χ1v) is 17.2. The maximum atomic E-state index is 14.1. The molecule has 7 nitrogen and oxygen atoms in total. The summed E-state index contributed by atoms with van der Waals surface area (Å²) in [4.78, 5) is 32.9. The van der Waals surface area contributed by atoms with Crippen LogP contribution in [0, 0.1) is 0 Å². The van der Waals surface area contributed by atoms with Crippen LogP contribution in [0.15, 0.2) is 84.6 Å². The van der Waals surface area contributed by atoms with E-state index < -0.39 is 12.0 Å². The number of benzene rings is 3. The Morgan fingerprint density at radius 1 is 1.07 bits per heavy atom. The summed E-state index contributed by atoms with van der Waals surface area (Å²) in [5, 5.41) is 1.08. The first-order valence-electron chi connectivity index (χ1n) is 14.1. The molecule has 1 aromatic heterocycles. The number of nitrogens with zero attached hydrogens (tertiary/aromatic N) is 2. The molecule has 0 saturated heterocycles. The SMILES string of the molecule is CCCC1=C(C(=O)OCC)[C@H](c2cc(Br)ccc2OC)n2c(s/c(=C/c3ccc(OCc4ccc(Cl)cc4Cl)c(Br)c3)c2=O)=N1. The average molecular weight is 795 g/mol. The second-order valence-corrected chi connectivity index (χ2v) is 13.6. The molecule has 3 aromatic carbocycles. The molecule has 5 rings (SSSR count). The number of hydrogen-bond acceptors (Lipinski definition) is 7. The molecule has 0 spiro atoms. The molecule has 234 valence electrons. The molecule has 2 heterocycles. The van der Waals surface area contributed by atoms with Gasteiger partial charge in [-0.3, -0.25) is 9.36 Å². The smallest absolute Gasteiger partial charge is 0.338 e. The Kier molecular flexibility index (Phi) is 10.9. The monoisotopic (exact) mass is 792 g/mol. The Labute approximate surface area is 291 Å². The quantitative estimate of drug-likeness (QED) is 0.152. The molecule has 0 unspecified atom stereocenters. The first kappa shape index (κ1) is 33.5. The van der Waals surface area contributed by atoms with Crippen LogP contribution >= 0.6 is 66.4 Å². The highest BCUT2D eigenvalue weighted by Gasteiger charge is 2.36. The van der Waals surface area contributed by atoms with Crippen molar-refractivity contribution in [1.29, 1.82) is 0 Å². The third-order valence-corrected chi connectivity index (χ3v) is 9.71. The van der Waals surface area contributed by atoms with Gasteiger partial charge in [-0.2, -0.15) is 0 Å². The van der Waals surface area contributed by atoms with Crippen molar-refractivity contribution in [2.45, 2.75) is 39.3 Å². The number of hydrogen-bond donors (Lipinski definition) is 0. The van der Waals surface area contributed by atoms with E-state index in [0.717, 1.165) is 22.0 Å². The van der Waals surface area contributed by atoms with Gasteiger partial charge >= 0.3 is 5.97 Å². The maximum absolute atomic E-state index is 14.1. The highest BCUT2D eigenvalue weighted by molar-refractivity contribution is 9.10. The van der Waals surface area contributed by atoms with Crippen LogP contribution in [0.4, 0.5) is 0 Å². The lowest BCUT2D eigenvalue weighted by atomic mass is 9.93. The number of thiazole rings is 1. The molecule has 1 aliphatic rings. The molecular weight excluding hydrogens is 767 g/mol. The fraction of sp³-hybridized carbons (Fsp3) is 0.242. The molecule has 12 heteroatoms. The van der Waals surface area contributed by atoms with E-state index in [2.05, 4.69) is 31.9 Å². The lowest BCUT2D eigenvalue weighted by Crippen LogP contribution is -2.40. The lowest BCUT2D eigenvalue weighted by molar-refractivity contribution is -0.139. The Morgan fingerprint density at radius 3 is 2.53 bits per heavy atom. The highest BCUT2D eigenvalue weighted by Crippen LogP contribution is 2.38. The number of fused-ring (bicyclic) bond motifs is 1. The number of esters is 1. The molecule has 45 heavy (non-hydrogen) atoms. The molecule has 0 aliphatic carbocycles. The van der Waals surface area contributed by atoms with E-state index in [4.69, 9.17) is 42.4 Å². The predicted octanol–water partition coefficient (Wildman–Crippen LogP) is 8.00. The van der Waals surface area contributed by atoms with Gasteiger partial charge in [-0.1, -0.05) is 75.9 Å². The van der Waals surface area contributed by atoms with Crippen molar-refractivity contribution in [3.8, 4) is 11.5 Å². The summed E-state index contributed by atoms with van der Waals surface area (Å²) in [5.41, 5.74) is 2.88. The average Bonchev–Trinajstić information content (AvgIpc) is 3.31. The second-order valence-electron chi connectivity index (χ2n) is 10.0. The zero-order valence-electron chi connectivity index (χ0n) is 24.5. The van der Waals surface area contributed by atoms with E-state index >= 15 is 0 Å². The van der Waals surface area contributed by atoms with Crippen LogP contribution < -0.4 is 24.4 Å². The molecule has 0 saturated carbocycles. The minimum absolute atomic E-state index is 0.190. The van der Waals surface area contributed by atoms with Gasteiger partial charge in [0.25, 0.3) is 5.56 Å². The molecule has 0 bridgehead atoms. The third kappa shape index (κ3) is 7.25. The summed E-state index contributed by atoms with van der Waals surface area (Å²) in [5.74, 6) is 0.645. The fourth-order valence-electron chi connectivity index (χ4n) is 5.00. The van der Waals surface area contributed by atoms with Crippen molar-refractivity contribution in [1.82, 2.24) is 4.57 Å². The van der Waals surface area contributed by atoms with Crippen molar-refractivity contribution in [3.63, 3.8) is 0 Å². The molecule has 1 aliphatic heterocycles. The van der Waals surface area contributed by atoms with Gasteiger partial charge in [0.05, 0.1) is 34.0 Å². The Balaban J connectivity index is 1.59.